The van der Waals surface area contributed by atoms with Crippen molar-refractivity contribution in [2.45, 2.75) is 38.5 Å². The average Bonchev–Trinajstić information content (AvgIpc) is 3.27. The van der Waals surface area contributed by atoms with Crippen molar-refractivity contribution in [3.8, 4) is 17.2 Å². The van der Waals surface area contributed by atoms with Gasteiger partial charge in [0.25, 0.3) is 0 Å². The van der Waals surface area contributed by atoms with Crippen LogP contribution in [0.25, 0.3) is 0 Å². The molecule has 2 amide bonds. The molecule has 0 atom stereocenters. The molecule has 3 rings (SSSR count). The molecule has 2 aromatic rings. The highest BCUT2D eigenvalue weighted by Gasteiger charge is 2.21. The molecule has 0 heterocycles. The lowest BCUT2D eigenvalue weighted by molar-refractivity contribution is -0.124. The molecule has 0 spiro atoms. The van der Waals surface area contributed by atoms with E-state index in [1.165, 1.54) is 0 Å². The van der Waals surface area contributed by atoms with Crippen LogP contribution in [0.3, 0.4) is 0 Å². The molecule has 0 saturated heterocycles. The first kappa shape index (κ1) is 20.7. The first-order valence-electron chi connectivity index (χ1n) is 10.2. The van der Waals surface area contributed by atoms with Crippen LogP contribution >= 0.6 is 0 Å². The maximum Gasteiger partial charge on any atom is 0.223 e. The number of hydrogen-bond acceptors (Lipinski definition) is 4. The molecule has 0 aromatic heterocycles. The summed E-state index contributed by atoms with van der Waals surface area (Å²) in [6.07, 6.45) is 6.43. The van der Waals surface area contributed by atoms with E-state index in [1.807, 2.05) is 24.3 Å². The predicted molar refractivity (Wildman–Crippen MR) is 111 cm³/mol. The van der Waals surface area contributed by atoms with Crippen LogP contribution in [0.5, 0.6) is 17.2 Å². The second kappa shape index (κ2) is 10.5. The van der Waals surface area contributed by atoms with Gasteiger partial charge in [-0.15, -0.1) is 0 Å². The number of hydrogen-bond donors (Lipinski definition) is 3. The van der Waals surface area contributed by atoms with Crippen molar-refractivity contribution in [3.63, 3.8) is 0 Å². The minimum absolute atomic E-state index is 0.0656. The Balaban J connectivity index is 1.50. The van der Waals surface area contributed by atoms with Gasteiger partial charge in [-0.3, -0.25) is 9.59 Å². The zero-order valence-corrected chi connectivity index (χ0v) is 16.5. The number of phenols is 1. The molecule has 0 unspecified atom stereocenters. The van der Waals surface area contributed by atoms with Crippen LogP contribution in [0.4, 0.5) is 0 Å². The first-order chi connectivity index (χ1) is 14.2. The van der Waals surface area contributed by atoms with Crippen LogP contribution in [0, 0.1) is 5.92 Å². The minimum Gasteiger partial charge on any atom is -0.504 e. The molecule has 0 bridgehead atoms. The van der Waals surface area contributed by atoms with Gasteiger partial charge in [0.1, 0.15) is 5.75 Å². The fraction of sp³-hybridized carbons (Fsp3) is 0.391. The molecule has 154 valence electrons. The summed E-state index contributed by atoms with van der Waals surface area (Å²) in [7, 11) is 0. The van der Waals surface area contributed by atoms with Crippen molar-refractivity contribution in [1.29, 1.82) is 0 Å². The van der Waals surface area contributed by atoms with Gasteiger partial charge in [0.2, 0.25) is 12.3 Å². The van der Waals surface area contributed by atoms with Gasteiger partial charge in [0, 0.05) is 19.0 Å². The number of aromatic hydroxyl groups is 1. The number of carbonyl (C=O) groups is 2. The number of amides is 2. The summed E-state index contributed by atoms with van der Waals surface area (Å²) < 4.78 is 5.81. The lowest BCUT2D eigenvalue weighted by Crippen LogP contribution is -2.30. The van der Waals surface area contributed by atoms with Gasteiger partial charge in [-0.1, -0.05) is 31.0 Å². The van der Waals surface area contributed by atoms with Crippen LogP contribution in [0.15, 0.2) is 42.5 Å². The van der Waals surface area contributed by atoms with E-state index >= 15 is 0 Å². The number of rotatable bonds is 10. The Morgan fingerprint density at radius 2 is 1.72 bits per heavy atom. The molecule has 0 aliphatic heterocycles. The molecule has 29 heavy (non-hydrogen) atoms. The fourth-order valence-electron chi connectivity index (χ4n) is 3.58. The third-order valence-electron chi connectivity index (χ3n) is 5.26. The smallest absolute Gasteiger partial charge is 0.223 e. The van der Waals surface area contributed by atoms with Gasteiger partial charge >= 0.3 is 0 Å². The molecule has 6 nitrogen and oxygen atoms in total. The third kappa shape index (κ3) is 6.24. The largest absolute Gasteiger partial charge is 0.504 e. The zero-order valence-electron chi connectivity index (χ0n) is 16.5. The Bertz CT molecular complexity index is 814. The molecule has 1 aliphatic carbocycles. The van der Waals surface area contributed by atoms with E-state index in [0.717, 1.165) is 43.2 Å². The molecular formula is C23H28N2O4. The Labute approximate surface area is 171 Å². The summed E-state index contributed by atoms with van der Waals surface area (Å²) in [5.41, 5.74) is 2.07. The highest BCUT2D eigenvalue weighted by Crippen LogP contribution is 2.31. The van der Waals surface area contributed by atoms with Gasteiger partial charge in [0.15, 0.2) is 11.5 Å². The Hall–Kier alpha value is -3.02. The van der Waals surface area contributed by atoms with E-state index in [1.54, 1.807) is 18.2 Å². The molecule has 3 N–H and O–H groups in total. The Morgan fingerprint density at radius 3 is 2.45 bits per heavy atom. The molecule has 1 saturated carbocycles. The summed E-state index contributed by atoms with van der Waals surface area (Å²) >= 11 is 0. The lowest BCUT2D eigenvalue weighted by atomic mass is 10.1. The summed E-state index contributed by atoms with van der Waals surface area (Å²) in [6.45, 7) is 1.16. The van der Waals surface area contributed by atoms with Crippen LogP contribution in [0.1, 0.15) is 36.8 Å². The van der Waals surface area contributed by atoms with Crippen LogP contribution in [0.2, 0.25) is 0 Å². The number of carbonyl (C=O) groups excluding carboxylic acids is 2. The van der Waals surface area contributed by atoms with Gasteiger partial charge < -0.3 is 20.5 Å². The summed E-state index contributed by atoms with van der Waals surface area (Å²) in [6, 6.07) is 12.8. The number of phenolic OH excluding ortho intramolecular Hbond substituents is 1. The van der Waals surface area contributed by atoms with Crippen molar-refractivity contribution < 1.29 is 19.4 Å². The van der Waals surface area contributed by atoms with Gasteiger partial charge in [-0.05, 0) is 61.1 Å². The van der Waals surface area contributed by atoms with Crippen molar-refractivity contribution >= 4 is 12.3 Å². The predicted octanol–water partition coefficient (Wildman–Crippen LogP) is 3.32. The molecule has 1 fully saturated rings. The SMILES string of the molecule is O=CNCCc1ccc(O)c(Oc2ccc(CCNC(=O)C3CCCC3)cc2)c1. The first-order valence-corrected chi connectivity index (χ1v) is 10.2. The fourth-order valence-corrected chi connectivity index (χ4v) is 3.58. The summed E-state index contributed by atoms with van der Waals surface area (Å²) in [5, 5.41) is 15.7. The van der Waals surface area contributed by atoms with E-state index < -0.39 is 0 Å². The van der Waals surface area contributed by atoms with E-state index in [-0.39, 0.29) is 17.6 Å². The van der Waals surface area contributed by atoms with Crippen molar-refractivity contribution in [3.05, 3.63) is 53.6 Å². The van der Waals surface area contributed by atoms with E-state index in [9.17, 15) is 14.7 Å². The standard InChI is InChI=1S/C23H28N2O4/c26-16-24-13-11-18-7-10-21(27)22(15-18)29-20-8-5-17(6-9-20)12-14-25-23(28)19-3-1-2-4-19/h5-10,15-16,19,27H,1-4,11-14H2,(H,24,26)(H,25,28). The quantitative estimate of drug-likeness (QED) is 0.425. The van der Waals surface area contributed by atoms with Gasteiger partial charge in [0.05, 0.1) is 0 Å². The maximum absolute atomic E-state index is 12.1. The van der Waals surface area contributed by atoms with Crippen molar-refractivity contribution in [1.82, 2.24) is 10.6 Å². The third-order valence-corrected chi connectivity index (χ3v) is 5.26. The Kier molecular flexibility index (Phi) is 7.50. The Morgan fingerprint density at radius 1 is 1.03 bits per heavy atom. The summed E-state index contributed by atoms with van der Waals surface area (Å²) in [5.74, 6) is 1.45. The van der Waals surface area contributed by atoms with Crippen molar-refractivity contribution in [2.75, 3.05) is 13.1 Å². The van der Waals surface area contributed by atoms with E-state index in [4.69, 9.17) is 4.74 Å². The van der Waals surface area contributed by atoms with Crippen molar-refractivity contribution in [2.24, 2.45) is 5.92 Å². The molecule has 1 aliphatic rings. The second-order valence-electron chi connectivity index (χ2n) is 7.39. The van der Waals surface area contributed by atoms with Crippen LogP contribution < -0.4 is 15.4 Å². The molecular weight excluding hydrogens is 368 g/mol. The van der Waals surface area contributed by atoms with E-state index in [2.05, 4.69) is 10.6 Å². The summed E-state index contributed by atoms with van der Waals surface area (Å²) in [4.78, 5) is 22.4. The maximum atomic E-state index is 12.1. The zero-order chi connectivity index (χ0) is 20.5. The number of ether oxygens (including phenoxy) is 1. The highest BCUT2D eigenvalue weighted by molar-refractivity contribution is 5.78. The second-order valence-corrected chi connectivity index (χ2v) is 7.39. The van der Waals surface area contributed by atoms with Crippen LogP contribution in [-0.4, -0.2) is 30.5 Å². The molecule has 6 heteroatoms. The molecule has 2 aromatic carbocycles. The normalized spacial score (nSPS) is 13.8. The van der Waals surface area contributed by atoms with Gasteiger partial charge in [-0.2, -0.15) is 0 Å². The number of benzene rings is 2. The van der Waals surface area contributed by atoms with E-state index in [0.29, 0.717) is 37.4 Å². The van der Waals surface area contributed by atoms with Crippen LogP contribution in [-0.2, 0) is 22.4 Å². The highest BCUT2D eigenvalue weighted by atomic mass is 16.5. The average molecular weight is 396 g/mol. The molecule has 0 radical (unpaired) electrons. The van der Waals surface area contributed by atoms with Gasteiger partial charge in [-0.25, -0.2) is 0 Å². The lowest BCUT2D eigenvalue weighted by Gasteiger charge is -2.11. The minimum atomic E-state index is 0.0656. The topological polar surface area (TPSA) is 87.7 Å². The monoisotopic (exact) mass is 396 g/mol. The number of nitrogens with one attached hydrogen (secondary N) is 2.